The van der Waals surface area contributed by atoms with Crippen molar-refractivity contribution in [3.05, 3.63) is 11.6 Å². The molecule has 0 saturated heterocycles. The molecule has 7 atom stereocenters. The molecule has 4 unspecified atom stereocenters. The highest BCUT2D eigenvalue weighted by atomic mass is 16.7. The minimum Gasteiger partial charge on any atom is -0.353 e. The van der Waals surface area contributed by atoms with Crippen LogP contribution < -0.4 is 0 Å². The van der Waals surface area contributed by atoms with Crippen LogP contribution in [0, 0.1) is 40.4 Å². The van der Waals surface area contributed by atoms with Crippen LogP contribution in [0.15, 0.2) is 11.6 Å². The Kier molecular flexibility index (Phi) is 6.03. The van der Waals surface area contributed by atoms with Gasteiger partial charge in [-0.2, -0.15) is 0 Å². The second kappa shape index (κ2) is 8.11. The summed E-state index contributed by atoms with van der Waals surface area (Å²) in [6, 6.07) is 0. The zero-order chi connectivity index (χ0) is 20.8. The molecule has 3 heteroatoms. The number of allylic oxidation sites excluding steroid dienone is 1. The lowest BCUT2D eigenvalue weighted by atomic mass is 9.46. The summed E-state index contributed by atoms with van der Waals surface area (Å²) in [5, 5.41) is 0. The van der Waals surface area contributed by atoms with Crippen LogP contribution in [0.4, 0.5) is 0 Å². The van der Waals surface area contributed by atoms with Crippen molar-refractivity contribution < 1.29 is 14.3 Å². The van der Waals surface area contributed by atoms with Gasteiger partial charge in [0, 0.05) is 25.6 Å². The van der Waals surface area contributed by atoms with Crippen LogP contribution in [0.5, 0.6) is 0 Å². The molecule has 0 heterocycles. The Balaban J connectivity index is 1.56. The van der Waals surface area contributed by atoms with Gasteiger partial charge in [0.05, 0.1) is 0 Å². The zero-order valence-electron chi connectivity index (χ0n) is 19.3. The third-order valence-corrected chi connectivity index (χ3v) is 9.76. The lowest BCUT2D eigenvalue weighted by Crippen LogP contribution is -2.51. The maximum Gasteiger partial charge on any atom is 0.160 e. The van der Waals surface area contributed by atoms with Crippen LogP contribution in [0.1, 0.15) is 86.0 Å². The van der Waals surface area contributed by atoms with Crippen LogP contribution in [0.3, 0.4) is 0 Å². The highest BCUT2D eigenvalue weighted by molar-refractivity contribution is 5.91. The van der Waals surface area contributed by atoms with Gasteiger partial charge in [-0.05, 0) is 99.4 Å². The van der Waals surface area contributed by atoms with E-state index in [1.54, 1.807) is 0 Å². The van der Waals surface area contributed by atoms with E-state index in [0.717, 1.165) is 50.2 Å². The van der Waals surface area contributed by atoms with E-state index in [4.69, 9.17) is 9.47 Å². The van der Waals surface area contributed by atoms with Gasteiger partial charge in [-0.25, -0.2) is 0 Å². The normalized spacial score (nSPS) is 42.8. The second-order valence-electron chi connectivity index (χ2n) is 10.8. The van der Waals surface area contributed by atoms with Crippen LogP contribution >= 0.6 is 0 Å². The number of carbonyl (C=O) groups excluding carboxylic acids is 1. The molecule has 0 radical (unpaired) electrons. The van der Waals surface area contributed by atoms with Crippen molar-refractivity contribution in [3.63, 3.8) is 0 Å². The van der Waals surface area contributed by atoms with E-state index >= 15 is 0 Å². The molecule has 0 aliphatic heterocycles. The number of ether oxygens (including phenoxy) is 2. The predicted molar refractivity (Wildman–Crippen MR) is 116 cm³/mol. The van der Waals surface area contributed by atoms with Gasteiger partial charge in [-0.15, -0.1) is 0 Å². The summed E-state index contributed by atoms with van der Waals surface area (Å²) in [5.41, 5.74) is 2.17. The van der Waals surface area contributed by atoms with E-state index in [0.29, 0.717) is 23.0 Å². The molecule has 4 rings (SSSR count). The van der Waals surface area contributed by atoms with Crippen LogP contribution in [-0.2, 0) is 14.3 Å². The van der Waals surface area contributed by atoms with E-state index in [-0.39, 0.29) is 11.7 Å². The van der Waals surface area contributed by atoms with E-state index in [1.807, 2.05) is 6.08 Å². The highest BCUT2D eigenvalue weighted by Gasteiger charge is 2.60. The maximum atomic E-state index is 12.0. The molecule has 3 fully saturated rings. The Morgan fingerprint density at radius 2 is 1.72 bits per heavy atom. The van der Waals surface area contributed by atoms with Crippen LogP contribution in [0.2, 0.25) is 0 Å². The summed E-state index contributed by atoms with van der Waals surface area (Å²) in [6.45, 7) is 13.0. The Hall–Kier alpha value is -0.670. The van der Waals surface area contributed by atoms with Crippen molar-refractivity contribution in [1.82, 2.24) is 0 Å². The molecule has 0 bridgehead atoms. The first-order valence-corrected chi connectivity index (χ1v) is 12.3. The summed E-state index contributed by atoms with van der Waals surface area (Å²) < 4.78 is 12.0. The zero-order valence-corrected chi connectivity index (χ0v) is 19.3. The van der Waals surface area contributed by atoms with Crippen molar-refractivity contribution in [2.75, 3.05) is 13.2 Å². The fourth-order valence-corrected chi connectivity index (χ4v) is 8.33. The molecule has 3 saturated carbocycles. The molecule has 164 valence electrons. The van der Waals surface area contributed by atoms with Gasteiger partial charge < -0.3 is 9.47 Å². The molecule has 29 heavy (non-hydrogen) atoms. The van der Waals surface area contributed by atoms with E-state index < -0.39 is 0 Å². The minimum absolute atomic E-state index is 0.0638. The highest BCUT2D eigenvalue weighted by Crippen LogP contribution is 2.67. The molecule has 0 amide bonds. The van der Waals surface area contributed by atoms with Gasteiger partial charge in [-0.1, -0.05) is 26.3 Å². The average molecular weight is 403 g/mol. The van der Waals surface area contributed by atoms with Crippen LogP contribution in [0.25, 0.3) is 0 Å². The molecular formula is C26H42O3. The summed E-state index contributed by atoms with van der Waals surface area (Å²) >= 11 is 0. The summed E-state index contributed by atoms with van der Waals surface area (Å²) in [6.07, 6.45) is 11.6. The first kappa shape index (κ1) is 21.6. The number of hydrogen-bond acceptors (Lipinski definition) is 3. The first-order valence-electron chi connectivity index (χ1n) is 12.3. The van der Waals surface area contributed by atoms with Gasteiger partial charge in [0.15, 0.2) is 12.1 Å². The minimum atomic E-state index is -0.0638. The Morgan fingerprint density at radius 3 is 2.41 bits per heavy atom. The monoisotopic (exact) mass is 402 g/mol. The molecule has 3 nitrogen and oxygen atoms in total. The number of carbonyl (C=O) groups is 1. The molecule has 0 N–H and O–H groups in total. The van der Waals surface area contributed by atoms with Crippen molar-refractivity contribution in [1.29, 1.82) is 0 Å². The van der Waals surface area contributed by atoms with Gasteiger partial charge >= 0.3 is 0 Å². The molecule has 4 aliphatic rings. The Labute approximate surface area is 178 Å². The molecule has 0 aromatic carbocycles. The summed E-state index contributed by atoms with van der Waals surface area (Å²) in [5.74, 6) is 3.94. The van der Waals surface area contributed by atoms with Gasteiger partial charge in [-0.3, -0.25) is 4.79 Å². The second-order valence-corrected chi connectivity index (χ2v) is 10.8. The lowest BCUT2D eigenvalue weighted by Gasteiger charge is -2.58. The topological polar surface area (TPSA) is 35.5 Å². The Bertz CT molecular complexity index is 648. The molecule has 0 spiro atoms. The van der Waals surface area contributed by atoms with E-state index in [1.165, 1.54) is 37.7 Å². The average Bonchev–Trinajstić information content (AvgIpc) is 3.05. The molecule has 0 aromatic rings. The van der Waals surface area contributed by atoms with Crippen molar-refractivity contribution >= 4 is 5.78 Å². The van der Waals surface area contributed by atoms with Crippen molar-refractivity contribution in [2.24, 2.45) is 40.4 Å². The van der Waals surface area contributed by atoms with E-state index in [9.17, 15) is 4.79 Å². The first-order chi connectivity index (χ1) is 13.8. The fraction of sp³-hybridized carbons (Fsp3) is 0.885. The van der Waals surface area contributed by atoms with Gasteiger partial charge in [0.2, 0.25) is 0 Å². The molecular weight excluding hydrogens is 360 g/mol. The largest absolute Gasteiger partial charge is 0.353 e. The smallest absolute Gasteiger partial charge is 0.160 e. The number of rotatable bonds is 6. The van der Waals surface area contributed by atoms with E-state index in [2.05, 4.69) is 34.6 Å². The number of fused-ring (bicyclic) bond motifs is 5. The number of ketones is 1. The summed E-state index contributed by atoms with van der Waals surface area (Å²) in [4.78, 5) is 12.0. The quantitative estimate of drug-likeness (QED) is 0.498. The van der Waals surface area contributed by atoms with Crippen LogP contribution in [-0.4, -0.2) is 25.3 Å². The fourth-order valence-electron chi connectivity index (χ4n) is 8.33. The molecule has 0 aromatic heterocycles. The van der Waals surface area contributed by atoms with Crippen molar-refractivity contribution in [3.8, 4) is 0 Å². The standard InChI is InChI=1S/C26H42O3/c1-6-28-24(29-7-2)17(3)21-10-11-22-20-9-8-18-16-19(27)12-14-25(18,4)23(20)13-15-26(21,22)5/h16-17,20-24H,6-15H2,1-5H3/t17-,20?,21?,22?,23?,25-,26+/m0/s1. The third-order valence-electron chi connectivity index (χ3n) is 9.76. The predicted octanol–water partition coefficient (Wildman–Crippen LogP) is 6.17. The van der Waals surface area contributed by atoms with Gasteiger partial charge in [0.1, 0.15) is 0 Å². The number of hydrogen-bond donors (Lipinski definition) is 0. The van der Waals surface area contributed by atoms with Crippen molar-refractivity contribution in [2.45, 2.75) is 92.3 Å². The summed E-state index contributed by atoms with van der Waals surface area (Å²) in [7, 11) is 0. The lowest BCUT2D eigenvalue weighted by molar-refractivity contribution is -0.186. The van der Waals surface area contributed by atoms with Gasteiger partial charge in [0.25, 0.3) is 0 Å². The third kappa shape index (κ3) is 3.45. The Morgan fingerprint density at radius 1 is 1.00 bits per heavy atom. The maximum absolute atomic E-state index is 12.0. The molecule has 4 aliphatic carbocycles. The SMILES string of the molecule is CCOC(OCC)[C@@H](C)C1CCC2C3CCC4=CC(=O)CC[C@]4(C)C3CC[C@@]21C.